The molecular weight excluding hydrogens is 298 g/mol. The van der Waals surface area contributed by atoms with Crippen LogP contribution < -0.4 is 5.32 Å². The Morgan fingerprint density at radius 1 is 1.00 bits per heavy atom. The highest BCUT2D eigenvalue weighted by atomic mass is 16.2. The Balaban J connectivity index is 1.17. The van der Waals surface area contributed by atoms with E-state index in [4.69, 9.17) is 0 Å². The summed E-state index contributed by atoms with van der Waals surface area (Å²) in [6.07, 6.45) is 5.92. The molecule has 3 aliphatic rings. The molecule has 1 N–H and O–H groups in total. The zero-order valence-electron chi connectivity index (χ0n) is 14.5. The van der Waals surface area contributed by atoms with E-state index in [0.717, 1.165) is 51.5 Å². The number of amides is 2. The molecule has 2 heterocycles. The number of urea groups is 1. The number of likely N-dealkylation sites (tertiary alicyclic amines) is 2. The monoisotopic (exact) mass is 327 g/mol. The third-order valence-corrected chi connectivity index (χ3v) is 5.95. The summed E-state index contributed by atoms with van der Waals surface area (Å²) in [5.41, 5.74) is 1.47. The number of hydrogen-bond acceptors (Lipinski definition) is 2. The van der Waals surface area contributed by atoms with Gasteiger partial charge in [0.15, 0.2) is 0 Å². The van der Waals surface area contributed by atoms with Crippen LogP contribution in [0.4, 0.5) is 4.79 Å². The maximum Gasteiger partial charge on any atom is 0.319 e. The van der Waals surface area contributed by atoms with Crippen molar-refractivity contribution in [3.8, 4) is 0 Å². The highest BCUT2D eigenvalue weighted by molar-refractivity contribution is 5.74. The minimum absolute atomic E-state index is 0.283. The molecule has 0 radical (unpaired) electrons. The van der Waals surface area contributed by atoms with E-state index < -0.39 is 0 Å². The van der Waals surface area contributed by atoms with E-state index in [-0.39, 0.29) is 6.03 Å². The van der Waals surface area contributed by atoms with E-state index in [1.54, 1.807) is 0 Å². The zero-order chi connectivity index (χ0) is 16.4. The first-order valence-electron chi connectivity index (χ1n) is 9.63. The van der Waals surface area contributed by atoms with Crippen LogP contribution in [-0.4, -0.2) is 54.6 Å². The van der Waals surface area contributed by atoms with Crippen molar-refractivity contribution in [3.63, 3.8) is 0 Å². The first kappa shape index (κ1) is 15.9. The zero-order valence-corrected chi connectivity index (χ0v) is 14.5. The van der Waals surface area contributed by atoms with Gasteiger partial charge in [-0.3, -0.25) is 0 Å². The maximum atomic E-state index is 12.4. The third kappa shape index (κ3) is 3.59. The fourth-order valence-corrected chi connectivity index (χ4v) is 4.24. The lowest BCUT2D eigenvalue weighted by Crippen LogP contribution is -2.46. The van der Waals surface area contributed by atoms with E-state index in [0.29, 0.717) is 12.0 Å². The van der Waals surface area contributed by atoms with Crippen molar-refractivity contribution in [2.75, 3.05) is 32.7 Å². The fourth-order valence-electron chi connectivity index (χ4n) is 4.24. The van der Waals surface area contributed by atoms with Gasteiger partial charge in [-0.15, -0.1) is 0 Å². The molecule has 3 fully saturated rings. The Morgan fingerprint density at radius 2 is 1.67 bits per heavy atom. The molecule has 1 aliphatic carbocycles. The largest absolute Gasteiger partial charge is 0.325 e. The van der Waals surface area contributed by atoms with Gasteiger partial charge in [0.25, 0.3) is 0 Å². The minimum Gasteiger partial charge on any atom is -0.325 e. The highest BCUT2D eigenvalue weighted by Gasteiger charge is 2.38. The molecule has 1 aromatic carbocycles. The van der Waals surface area contributed by atoms with Gasteiger partial charge in [-0.25, -0.2) is 4.79 Å². The predicted octanol–water partition coefficient (Wildman–Crippen LogP) is 3.06. The smallest absolute Gasteiger partial charge is 0.319 e. The van der Waals surface area contributed by atoms with Crippen molar-refractivity contribution < 1.29 is 4.79 Å². The summed E-state index contributed by atoms with van der Waals surface area (Å²) in [4.78, 5) is 16.5. The van der Waals surface area contributed by atoms with Gasteiger partial charge < -0.3 is 15.1 Å². The Bertz CT molecular complexity index is 547. The summed E-state index contributed by atoms with van der Waals surface area (Å²) in [6, 6.07) is 11.8. The van der Waals surface area contributed by atoms with Crippen molar-refractivity contribution >= 4 is 6.03 Å². The summed E-state index contributed by atoms with van der Waals surface area (Å²) >= 11 is 0. The van der Waals surface area contributed by atoms with Crippen LogP contribution in [0.2, 0.25) is 0 Å². The van der Waals surface area contributed by atoms with Gasteiger partial charge in [-0.05, 0) is 50.1 Å². The standard InChI is InChI=1S/C20H29N3O/c24-20(22-10-4-5-11-22)23-12-8-16(9-13-23)15-21-19-14-18(19)17-6-2-1-3-7-17/h1-3,6-7,16,18-19,21H,4-5,8-15H2. The second-order valence-electron chi connectivity index (χ2n) is 7.67. The topological polar surface area (TPSA) is 35.6 Å². The fraction of sp³-hybridized carbons (Fsp3) is 0.650. The summed E-state index contributed by atoms with van der Waals surface area (Å²) in [7, 11) is 0. The maximum absolute atomic E-state index is 12.4. The number of hydrogen-bond donors (Lipinski definition) is 1. The summed E-state index contributed by atoms with van der Waals surface area (Å²) in [5.74, 6) is 1.44. The number of nitrogens with one attached hydrogen (secondary N) is 1. The third-order valence-electron chi connectivity index (χ3n) is 5.95. The predicted molar refractivity (Wildman–Crippen MR) is 96.1 cm³/mol. The lowest BCUT2D eigenvalue weighted by molar-refractivity contribution is 0.140. The average Bonchev–Trinajstić information content (AvgIpc) is 3.21. The Morgan fingerprint density at radius 3 is 2.38 bits per heavy atom. The Labute approximate surface area is 145 Å². The number of rotatable bonds is 4. The van der Waals surface area contributed by atoms with Gasteiger partial charge in [0.2, 0.25) is 0 Å². The first-order valence-corrected chi connectivity index (χ1v) is 9.63. The average molecular weight is 327 g/mol. The molecule has 0 spiro atoms. The molecule has 4 heteroatoms. The van der Waals surface area contributed by atoms with Crippen molar-refractivity contribution in [1.29, 1.82) is 0 Å². The molecular formula is C20H29N3O. The summed E-state index contributed by atoms with van der Waals surface area (Å²) < 4.78 is 0. The number of carbonyl (C=O) groups is 1. The molecule has 1 saturated carbocycles. The van der Waals surface area contributed by atoms with Gasteiger partial charge in [0.1, 0.15) is 0 Å². The first-order chi connectivity index (χ1) is 11.8. The van der Waals surface area contributed by atoms with E-state index in [1.807, 2.05) is 4.90 Å². The number of benzene rings is 1. The molecule has 2 saturated heterocycles. The number of piperidine rings is 1. The molecule has 2 atom stereocenters. The van der Waals surface area contributed by atoms with Gasteiger partial charge in [0, 0.05) is 38.1 Å². The van der Waals surface area contributed by atoms with Crippen molar-refractivity contribution in [2.45, 2.75) is 44.1 Å². The van der Waals surface area contributed by atoms with Crippen LogP contribution in [0, 0.1) is 5.92 Å². The quantitative estimate of drug-likeness (QED) is 0.922. The van der Waals surface area contributed by atoms with Crippen molar-refractivity contribution in [1.82, 2.24) is 15.1 Å². The van der Waals surface area contributed by atoms with E-state index >= 15 is 0 Å². The molecule has 1 aromatic rings. The SMILES string of the molecule is O=C(N1CCCC1)N1CCC(CNC2CC2c2ccccc2)CC1. The van der Waals surface area contributed by atoms with Gasteiger partial charge >= 0.3 is 6.03 Å². The molecule has 24 heavy (non-hydrogen) atoms. The van der Waals surface area contributed by atoms with E-state index in [2.05, 4.69) is 40.5 Å². The van der Waals surface area contributed by atoms with Gasteiger partial charge in [-0.1, -0.05) is 30.3 Å². The van der Waals surface area contributed by atoms with Gasteiger partial charge in [-0.2, -0.15) is 0 Å². The van der Waals surface area contributed by atoms with Gasteiger partial charge in [0.05, 0.1) is 0 Å². The van der Waals surface area contributed by atoms with Crippen LogP contribution in [-0.2, 0) is 0 Å². The second-order valence-corrected chi connectivity index (χ2v) is 7.67. The van der Waals surface area contributed by atoms with Crippen LogP contribution in [0.25, 0.3) is 0 Å². The molecule has 0 bridgehead atoms. The molecule has 4 nitrogen and oxygen atoms in total. The molecule has 2 unspecified atom stereocenters. The normalized spacial score (nSPS) is 27.5. The number of nitrogens with zero attached hydrogens (tertiary/aromatic N) is 2. The minimum atomic E-state index is 0.283. The molecule has 130 valence electrons. The van der Waals surface area contributed by atoms with Crippen molar-refractivity contribution in [3.05, 3.63) is 35.9 Å². The number of carbonyl (C=O) groups excluding carboxylic acids is 1. The molecule has 4 rings (SSSR count). The van der Waals surface area contributed by atoms with Crippen LogP contribution >= 0.6 is 0 Å². The van der Waals surface area contributed by atoms with Crippen LogP contribution in [0.15, 0.2) is 30.3 Å². The Hall–Kier alpha value is -1.55. The van der Waals surface area contributed by atoms with E-state index in [9.17, 15) is 4.79 Å². The Kier molecular flexibility index (Phi) is 4.74. The lowest BCUT2D eigenvalue weighted by atomic mass is 9.97. The summed E-state index contributed by atoms with van der Waals surface area (Å²) in [5, 5.41) is 3.76. The molecule has 0 aromatic heterocycles. The molecule has 2 aliphatic heterocycles. The van der Waals surface area contributed by atoms with Crippen LogP contribution in [0.3, 0.4) is 0 Å². The van der Waals surface area contributed by atoms with E-state index in [1.165, 1.54) is 24.8 Å². The lowest BCUT2D eigenvalue weighted by Gasteiger charge is -2.34. The molecule has 2 amide bonds. The van der Waals surface area contributed by atoms with Crippen molar-refractivity contribution in [2.24, 2.45) is 5.92 Å². The summed E-state index contributed by atoms with van der Waals surface area (Å²) in [6.45, 7) is 4.91. The highest BCUT2D eigenvalue weighted by Crippen LogP contribution is 2.40. The van der Waals surface area contributed by atoms with Crippen LogP contribution in [0.1, 0.15) is 43.6 Å². The second kappa shape index (κ2) is 7.14. The van der Waals surface area contributed by atoms with Crippen LogP contribution in [0.5, 0.6) is 0 Å².